The molecule has 7 rings (SSSR count). The molecular weight excluding hydrogens is 552 g/mol. The molecule has 2 amide bonds. The lowest BCUT2D eigenvalue weighted by molar-refractivity contribution is -0.129. The van der Waals surface area contributed by atoms with Gasteiger partial charge >= 0.3 is 0 Å². The third-order valence-electron chi connectivity index (χ3n) is 7.95. The van der Waals surface area contributed by atoms with Gasteiger partial charge in [0.1, 0.15) is 24.0 Å². The Morgan fingerprint density at radius 2 is 1.34 bits per heavy atom. The monoisotopic (exact) mass is 590 g/mol. The van der Waals surface area contributed by atoms with Crippen LogP contribution < -0.4 is 21.3 Å². The van der Waals surface area contributed by atoms with Crippen LogP contribution in [0.15, 0.2) is 91.3 Å². The van der Waals surface area contributed by atoms with E-state index in [1.807, 2.05) is 66.7 Å². The van der Waals surface area contributed by atoms with Gasteiger partial charge in [-0.2, -0.15) is 0 Å². The Hall–Kier alpha value is -4.80. The molecule has 3 aliphatic heterocycles. The largest absolute Gasteiger partial charge is 0.354 e. The van der Waals surface area contributed by atoms with Crippen LogP contribution in [0.2, 0.25) is 0 Å². The van der Waals surface area contributed by atoms with Crippen LogP contribution in [0.4, 0.5) is 23.0 Å². The molecule has 44 heavy (non-hydrogen) atoms. The summed E-state index contributed by atoms with van der Waals surface area (Å²) >= 11 is 0. The number of benzene rings is 3. The number of amides is 2. The first-order valence-corrected chi connectivity index (χ1v) is 15.2. The Labute approximate surface area is 257 Å². The van der Waals surface area contributed by atoms with Crippen LogP contribution in [-0.4, -0.2) is 76.9 Å². The third-order valence-corrected chi connectivity index (χ3v) is 7.95. The maximum Gasteiger partial charge on any atom is 0.242 e. The van der Waals surface area contributed by atoms with Crippen LogP contribution in [0.3, 0.4) is 0 Å². The smallest absolute Gasteiger partial charge is 0.242 e. The molecular formula is C34H38N8O2. The second kappa shape index (κ2) is 14.1. The highest BCUT2D eigenvalue weighted by Gasteiger charge is 2.24. The molecule has 10 heteroatoms. The van der Waals surface area contributed by atoms with Crippen LogP contribution in [0.5, 0.6) is 0 Å². The van der Waals surface area contributed by atoms with Gasteiger partial charge in [-0.1, -0.05) is 54.6 Å². The molecule has 1 aromatic heterocycles. The van der Waals surface area contributed by atoms with E-state index in [4.69, 9.17) is 0 Å². The van der Waals surface area contributed by atoms with E-state index >= 15 is 0 Å². The first-order chi connectivity index (χ1) is 21.6. The number of carbonyl (C=O) groups excluding carboxylic acids is 2. The van der Waals surface area contributed by atoms with Gasteiger partial charge in [0.2, 0.25) is 11.8 Å². The third kappa shape index (κ3) is 8.18. The van der Waals surface area contributed by atoms with Crippen molar-refractivity contribution in [2.24, 2.45) is 0 Å². The minimum Gasteiger partial charge on any atom is -0.354 e. The van der Waals surface area contributed by atoms with Gasteiger partial charge in [-0.3, -0.25) is 19.4 Å². The van der Waals surface area contributed by atoms with Crippen LogP contribution in [-0.2, 0) is 29.0 Å². The number of rotatable bonds is 2. The van der Waals surface area contributed by atoms with Crippen molar-refractivity contribution in [3.05, 3.63) is 108 Å². The van der Waals surface area contributed by atoms with Crippen molar-refractivity contribution in [3.63, 3.8) is 0 Å². The van der Waals surface area contributed by atoms with E-state index in [9.17, 15) is 9.59 Å². The van der Waals surface area contributed by atoms with E-state index in [2.05, 4.69) is 59.2 Å². The number of nitrogens with one attached hydrogen (secondary N) is 4. The van der Waals surface area contributed by atoms with Crippen molar-refractivity contribution >= 4 is 34.8 Å². The van der Waals surface area contributed by atoms with Gasteiger partial charge in [0, 0.05) is 63.1 Å². The lowest BCUT2D eigenvalue weighted by Gasteiger charge is -2.34. The predicted octanol–water partition coefficient (Wildman–Crippen LogP) is 3.48. The summed E-state index contributed by atoms with van der Waals surface area (Å²) in [5.41, 5.74) is 5.13. The first-order valence-electron chi connectivity index (χ1n) is 15.2. The van der Waals surface area contributed by atoms with Crippen molar-refractivity contribution < 1.29 is 9.59 Å². The minimum atomic E-state index is -0.655. The van der Waals surface area contributed by atoms with E-state index in [0.29, 0.717) is 31.0 Å². The maximum atomic E-state index is 13.3. The fourth-order valence-corrected chi connectivity index (χ4v) is 5.66. The quantitative estimate of drug-likeness (QED) is 0.281. The number of nitrogens with zero attached hydrogens (tertiary/aromatic N) is 4. The van der Waals surface area contributed by atoms with Gasteiger partial charge in [0.25, 0.3) is 0 Å². The molecule has 0 radical (unpaired) electrons. The molecule has 0 aliphatic carbocycles. The number of hydrogen-bond donors (Lipinski definition) is 4. The lowest BCUT2D eigenvalue weighted by atomic mass is 10.0. The molecule has 8 bridgehead atoms. The standard InChI is InChI=1S/C34H38N8O2/c43-33-23-42-16-14-41(15-17-42)22-27-9-5-11-29(19-27)39-32-21-31(36-24-37-32)38-28-10-4-8-26(18-28)12-13-35-34(44)30(40-33)20-25-6-2-1-3-7-25/h1-11,18-19,21,24,30H,12-17,20,22-23H2,(H,35,44)(H,40,43)(H2,36,37,38,39). The van der Waals surface area contributed by atoms with Crippen molar-refractivity contribution in [2.75, 3.05) is 49.9 Å². The lowest BCUT2D eigenvalue weighted by Crippen LogP contribution is -2.53. The maximum absolute atomic E-state index is 13.3. The van der Waals surface area contributed by atoms with E-state index in [0.717, 1.165) is 55.2 Å². The number of hydrogen-bond acceptors (Lipinski definition) is 8. The summed E-state index contributed by atoms with van der Waals surface area (Å²) < 4.78 is 0. The average Bonchev–Trinajstić information content (AvgIpc) is 3.02. The first kappa shape index (κ1) is 29.3. The molecule has 0 spiro atoms. The number of carbonyl (C=O) groups is 2. The summed E-state index contributed by atoms with van der Waals surface area (Å²) in [6, 6.07) is 27.4. The van der Waals surface area contributed by atoms with E-state index in [1.165, 1.54) is 5.56 Å². The highest BCUT2D eigenvalue weighted by molar-refractivity contribution is 5.88. The second-order valence-electron chi connectivity index (χ2n) is 11.3. The van der Waals surface area contributed by atoms with E-state index < -0.39 is 6.04 Å². The van der Waals surface area contributed by atoms with Gasteiger partial charge in [-0.25, -0.2) is 9.97 Å². The van der Waals surface area contributed by atoms with Gasteiger partial charge in [0.15, 0.2) is 0 Å². The van der Waals surface area contributed by atoms with E-state index in [-0.39, 0.29) is 18.4 Å². The zero-order valence-corrected chi connectivity index (χ0v) is 24.7. The summed E-state index contributed by atoms with van der Waals surface area (Å²) in [5, 5.41) is 12.9. The molecule has 4 N–H and O–H groups in total. The Bertz CT molecular complexity index is 1570. The molecule has 3 aliphatic rings. The van der Waals surface area contributed by atoms with Crippen LogP contribution >= 0.6 is 0 Å². The van der Waals surface area contributed by atoms with Crippen molar-refractivity contribution in [2.45, 2.75) is 25.4 Å². The zero-order valence-electron chi connectivity index (χ0n) is 24.7. The van der Waals surface area contributed by atoms with Gasteiger partial charge in [0.05, 0.1) is 6.54 Å². The fourth-order valence-electron chi connectivity index (χ4n) is 5.66. The Morgan fingerprint density at radius 1 is 0.705 bits per heavy atom. The molecule has 1 atom stereocenters. The number of anilines is 4. The Balaban J connectivity index is 1.22. The molecule has 1 saturated heterocycles. The number of fused-ring (bicyclic) bond motifs is 9. The minimum absolute atomic E-state index is 0.132. The summed E-state index contributed by atoms with van der Waals surface area (Å²) in [6.07, 6.45) is 2.62. The summed E-state index contributed by atoms with van der Waals surface area (Å²) in [4.78, 5) is 39.9. The number of piperazine rings is 1. The van der Waals surface area contributed by atoms with Gasteiger partial charge < -0.3 is 21.3 Å². The topological polar surface area (TPSA) is 115 Å². The van der Waals surface area contributed by atoms with Crippen LogP contribution in [0, 0.1) is 0 Å². The van der Waals surface area contributed by atoms with Gasteiger partial charge in [-0.05, 0) is 47.4 Å². The molecule has 0 saturated carbocycles. The molecule has 1 fully saturated rings. The SMILES string of the molecule is O=C1CN2CCN(CC2)Cc2cccc(c2)Nc2cc(ncn2)Nc2cccc(c2)CCNC(=O)C(Cc2ccccc2)N1. The molecule has 10 nitrogen and oxygen atoms in total. The van der Waals surface area contributed by atoms with Gasteiger partial charge in [-0.15, -0.1) is 0 Å². The van der Waals surface area contributed by atoms with Crippen LogP contribution in [0.25, 0.3) is 0 Å². The van der Waals surface area contributed by atoms with Crippen LogP contribution in [0.1, 0.15) is 16.7 Å². The second-order valence-corrected chi connectivity index (χ2v) is 11.3. The Kier molecular flexibility index (Phi) is 9.39. The zero-order chi connectivity index (χ0) is 30.1. The summed E-state index contributed by atoms with van der Waals surface area (Å²) in [7, 11) is 0. The van der Waals surface area contributed by atoms with Crippen molar-refractivity contribution in [1.29, 1.82) is 0 Å². The fraction of sp³-hybridized carbons (Fsp3) is 0.294. The molecule has 1 unspecified atom stereocenters. The average molecular weight is 591 g/mol. The number of aromatic nitrogens is 2. The highest BCUT2D eigenvalue weighted by atomic mass is 16.2. The van der Waals surface area contributed by atoms with E-state index in [1.54, 1.807) is 6.33 Å². The molecule has 3 aromatic carbocycles. The molecule has 4 aromatic rings. The summed E-state index contributed by atoms with van der Waals surface area (Å²) in [6.45, 7) is 4.84. The Morgan fingerprint density at radius 3 is 2.05 bits per heavy atom. The van der Waals surface area contributed by atoms with Crippen molar-refractivity contribution in [3.8, 4) is 0 Å². The molecule has 226 valence electrons. The van der Waals surface area contributed by atoms with Crippen molar-refractivity contribution in [1.82, 2.24) is 30.4 Å². The summed E-state index contributed by atoms with van der Waals surface area (Å²) in [5.74, 6) is 1.06. The molecule has 4 heterocycles. The normalized spacial score (nSPS) is 21.1. The highest BCUT2D eigenvalue weighted by Crippen LogP contribution is 2.22. The predicted molar refractivity (Wildman–Crippen MR) is 172 cm³/mol.